The van der Waals surface area contributed by atoms with Crippen molar-refractivity contribution in [2.24, 2.45) is 0 Å². The van der Waals surface area contributed by atoms with Gasteiger partial charge in [-0.1, -0.05) is 5.57 Å². The van der Waals surface area contributed by atoms with E-state index in [1.807, 2.05) is 39.0 Å². The zero-order chi connectivity index (χ0) is 18.4. The Morgan fingerprint density at radius 1 is 1.32 bits per heavy atom. The van der Waals surface area contributed by atoms with Crippen LogP contribution in [0.2, 0.25) is 0 Å². The van der Waals surface area contributed by atoms with Gasteiger partial charge in [0, 0.05) is 24.6 Å². The maximum absolute atomic E-state index is 11.3. The highest BCUT2D eigenvalue weighted by atomic mass is 16.5. The molecule has 2 rings (SSSR count). The van der Waals surface area contributed by atoms with E-state index in [1.54, 1.807) is 19.2 Å². The molecule has 0 aliphatic heterocycles. The Kier molecular flexibility index (Phi) is 6.39. The quantitative estimate of drug-likeness (QED) is 0.583. The van der Waals surface area contributed by atoms with Crippen LogP contribution in [-0.4, -0.2) is 30.5 Å². The number of rotatable bonds is 8. The summed E-state index contributed by atoms with van der Waals surface area (Å²) in [7, 11) is 1.60. The van der Waals surface area contributed by atoms with E-state index < -0.39 is 11.7 Å². The summed E-state index contributed by atoms with van der Waals surface area (Å²) in [5.74, 6) is 0.645. The van der Waals surface area contributed by atoms with Gasteiger partial charge in [0.1, 0.15) is 17.9 Å². The van der Waals surface area contributed by atoms with Gasteiger partial charge in [0.05, 0.1) is 11.7 Å². The van der Waals surface area contributed by atoms with Crippen molar-refractivity contribution in [1.29, 1.82) is 0 Å². The van der Waals surface area contributed by atoms with E-state index in [0.29, 0.717) is 24.4 Å². The fourth-order valence-electron chi connectivity index (χ4n) is 2.36. The third kappa shape index (κ3) is 5.44. The SMILES string of the molecule is COC(C)(C)[C@H](O)CC/C(C)=C/COc1ccc2ccc(=O)oc2c1. The topological polar surface area (TPSA) is 68.9 Å². The summed E-state index contributed by atoms with van der Waals surface area (Å²) in [6, 6.07) is 8.53. The highest BCUT2D eigenvalue weighted by Gasteiger charge is 2.26. The first-order chi connectivity index (χ1) is 11.8. The predicted molar refractivity (Wildman–Crippen MR) is 98.1 cm³/mol. The third-order valence-corrected chi connectivity index (χ3v) is 4.42. The number of hydrogen-bond acceptors (Lipinski definition) is 5. The minimum atomic E-state index is -0.550. The number of aliphatic hydroxyl groups is 1. The summed E-state index contributed by atoms with van der Waals surface area (Å²) in [5, 5.41) is 11.0. The second-order valence-corrected chi connectivity index (χ2v) is 6.68. The normalized spacial score (nSPS) is 13.9. The first-order valence-corrected chi connectivity index (χ1v) is 8.37. The number of benzene rings is 1. The Hall–Kier alpha value is -2.11. The molecule has 1 N–H and O–H groups in total. The maximum atomic E-state index is 11.3. The van der Waals surface area contributed by atoms with Crippen LogP contribution < -0.4 is 10.4 Å². The first kappa shape index (κ1) is 19.2. The number of methoxy groups -OCH3 is 1. The van der Waals surface area contributed by atoms with Crippen molar-refractivity contribution in [2.45, 2.75) is 45.3 Å². The Morgan fingerprint density at radius 3 is 2.76 bits per heavy atom. The van der Waals surface area contributed by atoms with Crippen LogP contribution >= 0.6 is 0 Å². The number of allylic oxidation sites excluding steroid dienone is 1. The highest BCUT2D eigenvalue weighted by molar-refractivity contribution is 5.77. The Bertz CT molecular complexity index is 788. The van der Waals surface area contributed by atoms with E-state index in [-0.39, 0.29) is 5.63 Å². The lowest BCUT2D eigenvalue weighted by Gasteiger charge is -2.29. The van der Waals surface area contributed by atoms with Crippen molar-refractivity contribution < 1.29 is 19.0 Å². The molecule has 1 atom stereocenters. The molecule has 25 heavy (non-hydrogen) atoms. The summed E-state index contributed by atoms with van der Waals surface area (Å²) in [6.07, 6.45) is 2.86. The van der Waals surface area contributed by atoms with Crippen molar-refractivity contribution in [3.05, 3.63) is 52.4 Å². The van der Waals surface area contributed by atoms with E-state index in [0.717, 1.165) is 17.4 Å². The van der Waals surface area contributed by atoms with Crippen LogP contribution in [0, 0.1) is 0 Å². The molecule has 0 radical (unpaired) electrons. The molecule has 0 saturated carbocycles. The van der Waals surface area contributed by atoms with Gasteiger partial charge in [-0.05, 0) is 57.9 Å². The fraction of sp³-hybridized carbons (Fsp3) is 0.450. The van der Waals surface area contributed by atoms with E-state index in [1.165, 1.54) is 6.07 Å². The lowest BCUT2D eigenvalue weighted by atomic mass is 9.95. The largest absolute Gasteiger partial charge is 0.489 e. The molecule has 0 fully saturated rings. The molecule has 5 nitrogen and oxygen atoms in total. The second-order valence-electron chi connectivity index (χ2n) is 6.68. The van der Waals surface area contributed by atoms with Gasteiger partial charge in [0.15, 0.2) is 0 Å². The van der Waals surface area contributed by atoms with Crippen LogP contribution in [0.5, 0.6) is 5.75 Å². The Balaban J connectivity index is 1.88. The molecular formula is C20H26O5. The number of fused-ring (bicyclic) bond motifs is 1. The van der Waals surface area contributed by atoms with Gasteiger partial charge in [0.25, 0.3) is 0 Å². The van der Waals surface area contributed by atoms with Crippen molar-refractivity contribution in [2.75, 3.05) is 13.7 Å². The van der Waals surface area contributed by atoms with Crippen LogP contribution in [-0.2, 0) is 4.74 Å². The van der Waals surface area contributed by atoms with Gasteiger partial charge in [-0.3, -0.25) is 0 Å². The molecule has 1 aromatic heterocycles. The van der Waals surface area contributed by atoms with Crippen LogP contribution in [0.4, 0.5) is 0 Å². The minimum absolute atomic E-state index is 0.377. The predicted octanol–water partition coefficient (Wildman–Crippen LogP) is 3.68. The molecule has 0 unspecified atom stereocenters. The maximum Gasteiger partial charge on any atom is 0.336 e. The van der Waals surface area contributed by atoms with Crippen molar-refractivity contribution in [3.63, 3.8) is 0 Å². The van der Waals surface area contributed by atoms with E-state index in [2.05, 4.69) is 0 Å². The Morgan fingerprint density at radius 2 is 2.04 bits per heavy atom. The van der Waals surface area contributed by atoms with Gasteiger partial charge >= 0.3 is 5.63 Å². The molecule has 2 aromatic rings. The average Bonchev–Trinajstić information content (AvgIpc) is 2.59. The monoisotopic (exact) mass is 346 g/mol. The summed E-state index contributed by atoms with van der Waals surface area (Å²) in [6.45, 7) is 6.17. The summed E-state index contributed by atoms with van der Waals surface area (Å²) in [4.78, 5) is 11.3. The van der Waals surface area contributed by atoms with Crippen molar-refractivity contribution >= 4 is 11.0 Å². The van der Waals surface area contributed by atoms with Crippen molar-refractivity contribution in [3.8, 4) is 5.75 Å². The zero-order valence-corrected chi connectivity index (χ0v) is 15.2. The lowest BCUT2D eigenvalue weighted by Crippen LogP contribution is -2.37. The van der Waals surface area contributed by atoms with Crippen molar-refractivity contribution in [1.82, 2.24) is 0 Å². The standard InChI is InChI=1S/C20H26O5/c1-14(5-9-18(21)20(2,3)23-4)11-12-24-16-8-6-15-7-10-19(22)25-17(15)13-16/h6-8,10-11,13,18,21H,5,9,12H2,1-4H3/b14-11+/t18-/m1/s1. The fourth-order valence-corrected chi connectivity index (χ4v) is 2.36. The molecule has 136 valence electrons. The van der Waals surface area contributed by atoms with Crippen LogP contribution in [0.25, 0.3) is 11.0 Å². The molecule has 0 amide bonds. The van der Waals surface area contributed by atoms with Crippen LogP contribution in [0.3, 0.4) is 0 Å². The summed E-state index contributed by atoms with van der Waals surface area (Å²) in [5.41, 5.74) is 0.720. The first-order valence-electron chi connectivity index (χ1n) is 8.37. The number of aliphatic hydroxyl groups excluding tert-OH is 1. The summed E-state index contributed by atoms with van der Waals surface area (Å²) >= 11 is 0. The van der Waals surface area contributed by atoms with Gasteiger partial charge in [-0.25, -0.2) is 4.79 Å². The summed E-state index contributed by atoms with van der Waals surface area (Å²) < 4.78 is 16.1. The second kappa shape index (κ2) is 8.32. The van der Waals surface area contributed by atoms with Gasteiger partial charge in [-0.2, -0.15) is 0 Å². The van der Waals surface area contributed by atoms with Crippen LogP contribution in [0.1, 0.15) is 33.6 Å². The molecule has 0 bridgehead atoms. The lowest BCUT2D eigenvalue weighted by molar-refractivity contribution is -0.0797. The van der Waals surface area contributed by atoms with Gasteiger partial charge in [-0.15, -0.1) is 0 Å². The average molecular weight is 346 g/mol. The molecule has 0 aliphatic carbocycles. The molecule has 0 spiro atoms. The molecule has 1 aromatic carbocycles. The van der Waals surface area contributed by atoms with E-state index in [9.17, 15) is 9.90 Å². The smallest absolute Gasteiger partial charge is 0.336 e. The number of hydrogen-bond donors (Lipinski definition) is 1. The molecule has 1 heterocycles. The van der Waals surface area contributed by atoms with Gasteiger partial charge in [0.2, 0.25) is 0 Å². The molecule has 5 heteroatoms. The number of ether oxygens (including phenoxy) is 2. The van der Waals surface area contributed by atoms with E-state index in [4.69, 9.17) is 13.9 Å². The molecule has 0 aliphatic rings. The van der Waals surface area contributed by atoms with Gasteiger partial charge < -0.3 is 19.0 Å². The molecular weight excluding hydrogens is 320 g/mol. The minimum Gasteiger partial charge on any atom is -0.489 e. The molecule has 0 saturated heterocycles. The van der Waals surface area contributed by atoms with E-state index >= 15 is 0 Å². The third-order valence-electron chi connectivity index (χ3n) is 4.42. The van der Waals surface area contributed by atoms with Crippen LogP contribution in [0.15, 0.2) is 51.2 Å². The zero-order valence-electron chi connectivity index (χ0n) is 15.2. The highest BCUT2D eigenvalue weighted by Crippen LogP contribution is 2.21. The Labute approximate surface area is 147 Å².